The summed E-state index contributed by atoms with van der Waals surface area (Å²) in [4.78, 5) is 23.9. The first kappa shape index (κ1) is 13.5. The van der Waals surface area contributed by atoms with Gasteiger partial charge in [0.2, 0.25) is 0 Å². The highest BCUT2D eigenvalue weighted by atomic mass is 32.2. The van der Waals surface area contributed by atoms with Gasteiger partial charge < -0.3 is 14.5 Å². The predicted octanol–water partition coefficient (Wildman–Crippen LogP) is -0.611. The van der Waals surface area contributed by atoms with Gasteiger partial charge in [0, 0.05) is 12.1 Å². The standard InChI is InChI=1S/C10H12N2O6S/c13-9(14)5-12(7-2-4-19(16,17)6-7)10(15)8-1-3-18-11-8/h1,3,7H,2,4-6H2,(H,13,14). The molecule has 1 unspecified atom stereocenters. The molecule has 0 spiro atoms. The molecule has 1 aliphatic heterocycles. The number of hydrogen-bond donors (Lipinski definition) is 1. The fourth-order valence-corrected chi connectivity index (χ4v) is 3.73. The summed E-state index contributed by atoms with van der Waals surface area (Å²) in [5.41, 5.74) is -0.0365. The molecule has 0 radical (unpaired) electrons. The van der Waals surface area contributed by atoms with E-state index in [1.54, 1.807) is 0 Å². The molecule has 1 fully saturated rings. The van der Waals surface area contributed by atoms with Crippen molar-refractivity contribution >= 4 is 21.7 Å². The van der Waals surface area contributed by atoms with Gasteiger partial charge in [-0.05, 0) is 6.42 Å². The Bertz CT molecular complexity index is 579. The van der Waals surface area contributed by atoms with Crippen LogP contribution in [0.1, 0.15) is 16.9 Å². The van der Waals surface area contributed by atoms with Crippen LogP contribution < -0.4 is 0 Å². The Morgan fingerprint density at radius 1 is 1.53 bits per heavy atom. The lowest BCUT2D eigenvalue weighted by Crippen LogP contribution is -2.44. The molecule has 2 rings (SSSR count). The van der Waals surface area contributed by atoms with Crippen molar-refractivity contribution in [2.24, 2.45) is 0 Å². The first-order valence-electron chi connectivity index (χ1n) is 5.52. The lowest BCUT2D eigenvalue weighted by molar-refractivity contribution is -0.138. The summed E-state index contributed by atoms with van der Waals surface area (Å²) in [5.74, 6) is -2.11. The Kier molecular flexibility index (Phi) is 3.56. The Morgan fingerprint density at radius 3 is 2.74 bits per heavy atom. The highest BCUT2D eigenvalue weighted by Crippen LogP contribution is 2.19. The maximum atomic E-state index is 12.1. The lowest BCUT2D eigenvalue weighted by atomic mass is 10.2. The van der Waals surface area contributed by atoms with E-state index in [0.717, 1.165) is 4.90 Å². The number of hydrogen-bond acceptors (Lipinski definition) is 6. The fraction of sp³-hybridized carbons (Fsp3) is 0.500. The maximum Gasteiger partial charge on any atom is 0.323 e. The van der Waals surface area contributed by atoms with Crippen LogP contribution >= 0.6 is 0 Å². The summed E-state index contributed by atoms with van der Waals surface area (Å²) in [6, 6.07) is 0.672. The molecule has 1 aromatic rings. The molecule has 9 heteroatoms. The van der Waals surface area contributed by atoms with Gasteiger partial charge in [0.25, 0.3) is 5.91 Å². The Labute approximate surface area is 108 Å². The van der Waals surface area contributed by atoms with Gasteiger partial charge in [-0.25, -0.2) is 8.42 Å². The number of amides is 1. The third-order valence-electron chi connectivity index (χ3n) is 2.87. The van der Waals surface area contributed by atoms with Gasteiger partial charge >= 0.3 is 5.97 Å². The van der Waals surface area contributed by atoms with Gasteiger partial charge in [0.05, 0.1) is 11.5 Å². The molecule has 2 heterocycles. The van der Waals surface area contributed by atoms with Crippen molar-refractivity contribution < 1.29 is 27.6 Å². The quantitative estimate of drug-likeness (QED) is 0.785. The van der Waals surface area contributed by atoms with E-state index in [1.165, 1.54) is 12.3 Å². The van der Waals surface area contributed by atoms with E-state index in [1.807, 2.05) is 0 Å². The normalized spacial score (nSPS) is 21.2. The third-order valence-corrected chi connectivity index (χ3v) is 4.62. The summed E-state index contributed by atoms with van der Waals surface area (Å²) < 4.78 is 27.4. The van der Waals surface area contributed by atoms with E-state index >= 15 is 0 Å². The van der Waals surface area contributed by atoms with E-state index in [4.69, 9.17) is 5.11 Å². The minimum absolute atomic E-state index is 0.0365. The van der Waals surface area contributed by atoms with Crippen molar-refractivity contribution in [2.75, 3.05) is 18.1 Å². The van der Waals surface area contributed by atoms with Crippen LogP contribution in [0, 0.1) is 0 Å². The van der Waals surface area contributed by atoms with Crippen LogP contribution in [-0.4, -0.2) is 59.5 Å². The molecule has 1 aromatic heterocycles. The summed E-state index contributed by atoms with van der Waals surface area (Å²) in [7, 11) is -3.21. The van der Waals surface area contributed by atoms with Crippen molar-refractivity contribution in [1.82, 2.24) is 10.1 Å². The number of aliphatic carboxylic acids is 1. The average molecular weight is 288 g/mol. The molecule has 0 aliphatic carbocycles. The number of nitrogens with zero attached hydrogens (tertiary/aromatic N) is 2. The van der Waals surface area contributed by atoms with Crippen molar-refractivity contribution in [1.29, 1.82) is 0 Å². The summed E-state index contributed by atoms with van der Waals surface area (Å²) in [6.07, 6.45) is 1.43. The zero-order chi connectivity index (χ0) is 14.0. The van der Waals surface area contributed by atoms with Gasteiger partial charge in [-0.3, -0.25) is 9.59 Å². The number of aromatic nitrogens is 1. The SMILES string of the molecule is O=C(O)CN(C(=O)c1ccon1)C1CCS(=O)(=O)C1. The van der Waals surface area contributed by atoms with Crippen molar-refractivity contribution in [3.05, 3.63) is 18.0 Å². The summed E-state index contributed by atoms with van der Waals surface area (Å²) >= 11 is 0. The first-order valence-corrected chi connectivity index (χ1v) is 7.35. The van der Waals surface area contributed by atoms with Crippen LogP contribution in [0.25, 0.3) is 0 Å². The zero-order valence-electron chi connectivity index (χ0n) is 9.85. The number of carboxylic acid groups (broad SMARTS) is 1. The second kappa shape index (κ2) is 5.00. The Morgan fingerprint density at radius 2 is 2.26 bits per heavy atom. The van der Waals surface area contributed by atoms with E-state index in [0.29, 0.717) is 0 Å². The second-order valence-electron chi connectivity index (χ2n) is 4.27. The van der Waals surface area contributed by atoms with Crippen molar-refractivity contribution in [3.63, 3.8) is 0 Å². The molecule has 1 N–H and O–H groups in total. The van der Waals surface area contributed by atoms with E-state index in [2.05, 4.69) is 9.68 Å². The maximum absolute atomic E-state index is 12.1. The van der Waals surface area contributed by atoms with E-state index < -0.39 is 34.3 Å². The van der Waals surface area contributed by atoms with Crippen LogP contribution in [0.5, 0.6) is 0 Å². The highest BCUT2D eigenvalue weighted by molar-refractivity contribution is 7.91. The zero-order valence-corrected chi connectivity index (χ0v) is 10.7. The number of sulfone groups is 1. The minimum atomic E-state index is -3.21. The summed E-state index contributed by atoms with van der Waals surface area (Å²) in [5, 5.41) is 12.3. The molecule has 104 valence electrons. The van der Waals surface area contributed by atoms with Gasteiger partial charge in [0.1, 0.15) is 12.8 Å². The largest absolute Gasteiger partial charge is 0.480 e. The molecule has 1 saturated heterocycles. The van der Waals surface area contributed by atoms with E-state index in [9.17, 15) is 18.0 Å². The fourth-order valence-electron chi connectivity index (χ4n) is 2.00. The molecule has 0 aromatic carbocycles. The molecule has 19 heavy (non-hydrogen) atoms. The average Bonchev–Trinajstić information content (AvgIpc) is 2.94. The van der Waals surface area contributed by atoms with Crippen LogP contribution in [0.3, 0.4) is 0 Å². The predicted molar refractivity (Wildman–Crippen MR) is 62.2 cm³/mol. The number of carbonyl (C=O) groups is 2. The Balaban J connectivity index is 2.21. The first-order chi connectivity index (χ1) is 8.89. The molecule has 0 bridgehead atoms. The number of rotatable bonds is 4. The topological polar surface area (TPSA) is 118 Å². The minimum Gasteiger partial charge on any atom is -0.480 e. The Hall–Kier alpha value is -1.90. The van der Waals surface area contributed by atoms with Crippen LogP contribution in [-0.2, 0) is 14.6 Å². The highest BCUT2D eigenvalue weighted by Gasteiger charge is 2.36. The molecule has 1 amide bonds. The van der Waals surface area contributed by atoms with Crippen molar-refractivity contribution in [2.45, 2.75) is 12.5 Å². The van der Waals surface area contributed by atoms with Crippen molar-refractivity contribution in [3.8, 4) is 0 Å². The molecular formula is C10H12N2O6S. The van der Waals surface area contributed by atoms with Gasteiger partial charge in [-0.15, -0.1) is 0 Å². The smallest absolute Gasteiger partial charge is 0.323 e. The van der Waals surface area contributed by atoms with E-state index in [-0.39, 0.29) is 23.6 Å². The molecule has 0 saturated carbocycles. The number of carboxylic acids is 1. The molecule has 1 aliphatic rings. The van der Waals surface area contributed by atoms with Gasteiger partial charge in [0.15, 0.2) is 15.5 Å². The van der Waals surface area contributed by atoms with Crippen LogP contribution in [0.4, 0.5) is 0 Å². The third kappa shape index (κ3) is 3.11. The van der Waals surface area contributed by atoms with Crippen LogP contribution in [0.15, 0.2) is 16.9 Å². The second-order valence-corrected chi connectivity index (χ2v) is 6.50. The lowest BCUT2D eigenvalue weighted by Gasteiger charge is -2.25. The molecule has 1 atom stereocenters. The molecule has 8 nitrogen and oxygen atoms in total. The number of carbonyl (C=O) groups excluding carboxylic acids is 1. The monoisotopic (exact) mass is 288 g/mol. The van der Waals surface area contributed by atoms with Gasteiger partial charge in [-0.2, -0.15) is 0 Å². The van der Waals surface area contributed by atoms with Crippen LogP contribution in [0.2, 0.25) is 0 Å². The molecular weight excluding hydrogens is 276 g/mol. The van der Waals surface area contributed by atoms with Gasteiger partial charge in [-0.1, -0.05) is 5.16 Å². The summed E-state index contributed by atoms with van der Waals surface area (Å²) in [6.45, 7) is -0.564.